The maximum Gasteiger partial charge on any atom is 0.357 e. The van der Waals surface area contributed by atoms with Crippen molar-refractivity contribution < 1.29 is 14.3 Å². The third-order valence-corrected chi connectivity index (χ3v) is 4.52. The van der Waals surface area contributed by atoms with Gasteiger partial charge >= 0.3 is 5.97 Å². The molecule has 3 rings (SSSR count). The van der Waals surface area contributed by atoms with Crippen LogP contribution in [0.2, 0.25) is 0 Å². The molecule has 0 saturated heterocycles. The Labute approximate surface area is 158 Å². The summed E-state index contributed by atoms with van der Waals surface area (Å²) < 4.78 is 5.12. The van der Waals surface area contributed by atoms with Gasteiger partial charge in [0.2, 0.25) is 0 Å². The van der Waals surface area contributed by atoms with Crippen molar-refractivity contribution in [2.75, 3.05) is 11.9 Å². The number of esters is 1. The topological polar surface area (TPSA) is 68.3 Å². The van der Waals surface area contributed by atoms with Crippen LogP contribution >= 0.6 is 0 Å². The monoisotopic (exact) mass is 362 g/mol. The van der Waals surface area contributed by atoms with Crippen LogP contribution in [0.25, 0.3) is 10.9 Å². The molecule has 2 aromatic carbocycles. The molecule has 1 heterocycles. The minimum atomic E-state index is -0.619. The highest BCUT2D eigenvalue weighted by molar-refractivity contribution is 5.96. The Bertz CT molecular complexity index is 968. The molecule has 0 aliphatic rings. The molecule has 0 aliphatic heterocycles. The lowest BCUT2D eigenvalue weighted by atomic mass is 9.97. The molecule has 1 atom stereocenters. The molecule has 1 aromatic heterocycles. The van der Waals surface area contributed by atoms with Crippen molar-refractivity contribution in [3.63, 3.8) is 0 Å². The van der Waals surface area contributed by atoms with Gasteiger partial charge in [0.15, 0.2) is 6.61 Å². The van der Waals surface area contributed by atoms with Gasteiger partial charge in [0, 0.05) is 11.1 Å². The maximum absolute atomic E-state index is 12.2. The van der Waals surface area contributed by atoms with Crippen molar-refractivity contribution in [2.24, 2.45) is 0 Å². The Morgan fingerprint density at radius 1 is 1.04 bits per heavy atom. The molecule has 0 saturated carbocycles. The maximum atomic E-state index is 12.2. The molecule has 0 radical (unpaired) electrons. The largest absolute Gasteiger partial charge is 0.451 e. The molecule has 3 aromatic rings. The van der Waals surface area contributed by atoms with Crippen molar-refractivity contribution in [1.82, 2.24) is 4.98 Å². The summed E-state index contributed by atoms with van der Waals surface area (Å²) in [5.41, 5.74) is 2.70. The van der Waals surface area contributed by atoms with E-state index in [9.17, 15) is 9.59 Å². The first kappa shape index (κ1) is 18.6. The minimum absolute atomic E-state index is 0.182. The Morgan fingerprint density at radius 3 is 2.59 bits per heavy atom. The molecule has 0 fully saturated rings. The van der Waals surface area contributed by atoms with Crippen molar-refractivity contribution in [1.29, 1.82) is 0 Å². The predicted octanol–water partition coefficient (Wildman–Crippen LogP) is 4.54. The number of nitrogens with one attached hydrogen (secondary N) is 1. The van der Waals surface area contributed by atoms with Gasteiger partial charge in [-0.05, 0) is 36.1 Å². The van der Waals surface area contributed by atoms with Crippen LogP contribution in [-0.2, 0) is 9.53 Å². The molecule has 138 valence electrons. The van der Waals surface area contributed by atoms with Crippen LogP contribution in [-0.4, -0.2) is 23.5 Å². The van der Waals surface area contributed by atoms with Gasteiger partial charge < -0.3 is 10.1 Å². The summed E-state index contributed by atoms with van der Waals surface area (Å²) >= 11 is 0. The average molecular weight is 362 g/mol. The lowest BCUT2D eigenvalue weighted by Gasteiger charge is -2.15. The number of hydrogen-bond acceptors (Lipinski definition) is 4. The number of carbonyl (C=O) groups is 2. The van der Waals surface area contributed by atoms with Gasteiger partial charge in [0.05, 0.1) is 5.52 Å². The van der Waals surface area contributed by atoms with Crippen LogP contribution in [0, 0.1) is 0 Å². The molecule has 1 unspecified atom stereocenters. The zero-order chi connectivity index (χ0) is 19.2. The molecule has 1 amide bonds. The number of aromatic nitrogens is 1. The van der Waals surface area contributed by atoms with E-state index in [1.54, 1.807) is 12.1 Å². The number of pyridine rings is 1. The van der Waals surface area contributed by atoms with Crippen molar-refractivity contribution in [2.45, 2.75) is 26.2 Å². The van der Waals surface area contributed by atoms with E-state index in [1.807, 2.05) is 48.5 Å². The highest BCUT2D eigenvalue weighted by Crippen LogP contribution is 2.26. The number of amides is 1. The second-order valence-electron chi connectivity index (χ2n) is 6.41. The average Bonchev–Trinajstić information content (AvgIpc) is 2.71. The van der Waals surface area contributed by atoms with Crippen LogP contribution < -0.4 is 5.32 Å². The Hall–Kier alpha value is -3.21. The van der Waals surface area contributed by atoms with Crippen LogP contribution in [0.15, 0.2) is 60.7 Å². The zero-order valence-electron chi connectivity index (χ0n) is 15.4. The summed E-state index contributed by atoms with van der Waals surface area (Å²) in [6.45, 7) is 3.85. The quantitative estimate of drug-likeness (QED) is 0.654. The van der Waals surface area contributed by atoms with Gasteiger partial charge in [0.1, 0.15) is 5.69 Å². The first-order valence-electron chi connectivity index (χ1n) is 9.00. The van der Waals surface area contributed by atoms with Gasteiger partial charge in [0.25, 0.3) is 5.91 Å². The Balaban J connectivity index is 1.62. The van der Waals surface area contributed by atoms with E-state index in [0.29, 0.717) is 11.4 Å². The molecule has 1 N–H and O–H groups in total. The number of rotatable bonds is 6. The van der Waals surface area contributed by atoms with Gasteiger partial charge in [-0.2, -0.15) is 0 Å². The Morgan fingerprint density at radius 2 is 1.78 bits per heavy atom. The number of para-hydroxylation sites is 2. The highest BCUT2D eigenvalue weighted by Gasteiger charge is 2.14. The summed E-state index contributed by atoms with van der Waals surface area (Å²) in [6, 6.07) is 18.6. The molecule has 27 heavy (non-hydrogen) atoms. The van der Waals surface area contributed by atoms with E-state index in [1.165, 1.54) is 0 Å². The van der Waals surface area contributed by atoms with Crippen LogP contribution in [0.3, 0.4) is 0 Å². The minimum Gasteiger partial charge on any atom is -0.451 e. The molecular formula is C22H22N2O3. The molecule has 0 aliphatic carbocycles. The molecule has 5 heteroatoms. The SMILES string of the molecule is CCC(C)c1ccccc1NC(=O)COC(=O)c1ccc2ccccc2n1. The number of anilines is 1. The fourth-order valence-electron chi connectivity index (χ4n) is 2.83. The fourth-order valence-corrected chi connectivity index (χ4v) is 2.83. The van der Waals surface area contributed by atoms with Crippen molar-refractivity contribution in [3.8, 4) is 0 Å². The number of benzene rings is 2. The first-order valence-corrected chi connectivity index (χ1v) is 9.00. The standard InChI is InChI=1S/C22H22N2O3/c1-3-15(2)17-9-5-7-11-19(17)24-21(25)14-27-22(26)20-13-12-16-8-4-6-10-18(16)23-20/h4-13,15H,3,14H2,1-2H3,(H,24,25). The molecule has 0 spiro atoms. The number of ether oxygens (including phenoxy) is 1. The van der Waals surface area contributed by atoms with Gasteiger partial charge in [-0.15, -0.1) is 0 Å². The summed E-state index contributed by atoms with van der Waals surface area (Å²) in [6.07, 6.45) is 0.968. The van der Waals surface area contributed by atoms with Crippen molar-refractivity contribution >= 4 is 28.5 Å². The smallest absolute Gasteiger partial charge is 0.357 e. The predicted molar refractivity (Wildman–Crippen MR) is 106 cm³/mol. The van der Waals surface area contributed by atoms with E-state index in [4.69, 9.17) is 4.74 Å². The summed E-state index contributed by atoms with van der Waals surface area (Å²) in [5, 5.41) is 3.76. The lowest BCUT2D eigenvalue weighted by Crippen LogP contribution is -2.22. The molecular weight excluding hydrogens is 340 g/mol. The van der Waals surface area contributed by atoms with Crippen molar-refractivity contribution in [3.05, 3.63) is 71.9 Å². The fraction of sp³-hybridized carbons (Fsp3) is 0.227. The van der Waals surface area contributed by atoms with E-state index in [2.05, 4.69) is 24.1 Å². The third-order valence-electron chi connectivity index (χ3n) is 4.52. The number of carbonyl (C=O) groups excluding carboxylic acids is 2. The lowest BCUT2D eigenvalue weighted by molar-refractivity contribution is -0.119. The van der Waals surface area contributed by atoms with E-state index >= 15 is 0 Å². The van der Waals surface area contributed by atoms with Crippen LogP contribution in [0.1, 0.15) is 42.2 Å². The van der Waals surface area contributed by atoms with E-state index in [0.717, 1.165) is 23.1 Å². The number of hydrogen-bond donors (Lipinski definition) is 1. The van der Waals surface area contributed by atoms with Gasteiger partial charge in [-0.25, -0.2) is 9.78 Å². The van der Waals surface area contributed by atoms with E-state index < -0.39 is 5.97 Å². The second kappa shape index (κ2) is 8.45. The molecule has 0 bridgehead atoms. The first-order chi connectivity index (χ1) is 13.1. The van der Waals surface area contributed by atoms with Crippen LogP contribution in [0.4, 0.5) is 5.69 Å². The molecule has 5 nitrogen and oxygen atoms in total. The summed E-state index contributed by atoms with van der Waals surface area (Å²) in [7, 11) is 0. The van der Waals surface area contributed by atoms with E-state index in [-0.39, 0.29) is 18.2 Å². The number of fused-ring (bicyclic) bond motifs is 1. The van der Waals surface area contributed by atoms with Crippen LogP contribution in [0.5, 0.6) is 0 Å². The normalized spacial score (nSPS) is 11.8. The zero-order valence-corrected chi connectivity index (χ0v) is 15.4. The third kappa shape index (κ3) is 4.50. The van der Waals surface area contributed by atoms with Gasteiger partial charge in [-0.3, -0.25) is 4.79 Å². The van der Waals surface area contributed by atoms with Gasteiger partial charge in [-0.1, -0.05) is 56.3 Å². The summed E-state index contributed by atoms with van der Waals surface area (Å²) in [5.74, 6) is -0.670. The number of nitrogens with zero attached hydrogens (tertiary/aromatic N) is 1. The second-order valence-corrected chi connectivity index (χ2v) is 6.41. The highest BCUT2D eigenvalue weighted by atomic mass is 16.5. The summed E-state index contributed by atoms with van der Waals surface area (Å²) in [4.78, 5) is 28.7. The Kier molecular flexibility index (Phi) is 5.81.